The molecule has 1 aliphatic rings. The number of alkyl halides is 3. The van der Waals surface area contributed by atoms with E-state index in [-0.39, 0.29) is 24.1 Å². The first-order chi connectivity index (χ1) is 6.07. The molecule has 1 aromatic heterocycles. The van der Waals surface area contributed by atoms with Crippen LogP contribution in [0.5, 0.6) is 0 Å². The molecule has 0 amide bonds. The van der Waals surface area contributed by atoms with Crippen molar-refractivity contribution in [1.29, 1.82) is 0 Å². The van der Waals surface area contributed by atoms with E-state index in [0.717, 1.165) is 0 Å². The van der Waals surface area contributed by atoms with Crippen LogP contribution in [-0.4, -0.2) is 23.2 Å². The Kier molecular flexibility index (Phi) is 3.01. The number of rotatable bonds is 1. The van der Waals surface area contributed by atoms with E-state index in [2.05, 4.69) is 20.0 Å². The molecule has 1 N–H and O–H groups in total. The number of hydrogen-bond donors (Lipinski definition) is 1. The number of nitrogens with one attached hydrogen (secondary N) is 1. The quantitative estimate of drug-likeness (QED) is 0.786. The third-order valence-electron chi connectivity index (χ3n) is 1.83. The second-order valence-corrected chi connectivity index (χ2v) is 2.81. The van der Waals surface area contributed by atoms with E-state index in [1.807, 2.05) is 0 Å². The standard InChI is InChI=1S/C6H6F3N3O.ClH/c7-6(8,9)5-11-4(12-13-5)3-1-10-2-3;/h3,10H,1-2H2;1H. The highest BCUT2D eigenvalue weighted by Crippen LogP contribution is 2.28. The maximum Gasteiger partial charge on any atom is 0.471 e. The topological polar surface area (TPSA) is 51.0 Å². The zero-order chi connectivity index (χ0) is 9.47. The van der Waals surface area contributed by atoms with E-state index >= 15 is 0 Å². The molecule has 8 heteroatoms. The molecule has 4 nitrogen and oxygen atoms in total. The summed E-state index contributed by atoms with van der Waals surface area (Å²) < 4.78 is 40.0. The Hall–Kier alpha value is -0.820. The summed E-state index contributed by atoms with van der Waals surface area (Å²) in [7, 11) is 0. The minimum atomic E-state index is -4.54. The molecular weight excluding hydrogens is 223 g/mol. The first kappa shape index (κ1) is 11.3. The molecule has 1 aromatic rings. The summed E-state index contributed by atoms with van der Waals surface area (Å²) in [6.07, 6.45) is -4.54. The molecule has 0 saturated carbocycles. The largest absolute Gasteiger partial charge is 0.471 e. The van der Waals surface area contributed by atoms with Gasteiger partial charge in [0.2, 0.25) is 0 Å². The summed E-state index contributed by atoms with van der Waals surface area (Å²) in [4.78, 5) is 3.26. The van der Waals surface area contributed by atoms with Gasteiger partial charge in [0.05, 0.1) is 0 Å². The van der Waals surface area contributed by atoms with Crippen LogP contribution in [0.4, 0.5) is 13.2 Å². The van der Waals surface area contributed by atoms with Gasteiger partial charge in [-0.3, -0.25) is 0 Å². The van der Waals surface area contributed by atoms with Crippen LogP contribution in [0.15, 0.2) is 4.52 Å². The summed E-state index contributed by atoms with van der Waals surface area (Å²) in [6.45, 7) is 1.22. The van der Waals surface area contributed by atoms with E-state index in [4.69, 9.17) is 0 Å². The van der Waals surface area contributed by atoms with E-state index < -0.39 is 12.1 Å². The first-order valence-corrected chi connectivity index (χ1v) is 3.69. The SMILES string of the molecule is Cl.FC(F)(F)c1nc(C2CNC2)no1. The van der Waals surface area contributed by atoms with Crippen LogP contribution >= 0.6 is 12.4 Å². The lowest BCUT2D eigenvalue weighted by Gasteiger charge is -2.23. The van der Waals surface area contributed by atoms with Gasteiger partial charge < -0.3 is 9.84 Å². The Labute approximate surface area is 83.3 Å². The van der Waals surface area contributed by atoms with Gasteiger partial charge in [0.1, 0.15) is 0 Å². The zero-order valence-electron chi connectivity index (χ0n) is 6.84. The van der Waals surface area contributed by atoms with Gasteiger partial charge in [0.15, 0.2) is 5.82 Å². The van der Waals surface area contributed by atoms with Gasteiger partial charge in [-0.1, -0.05) is 5.16 Å². The van der Waals surface area contributed by atoms with Crippen LogP contribution in [0, 0.1) is 0 Å². The lowest BCUT2D eigenvalue weighted by atomic mass is 10.0. The van der Waals surface area contributed by atoms with Crippen molar-refractivity contribution in [3.63, 3.8) is 0 Å². The summed E-state index contributed by atoms with van der Waals surface area (Å²) in [6, 6.07) is 0. The predicted octanol–water partition coefficient (Wildman–Crippen LogP) is 1.20. The van der Waals surface area contributed by atoms with Crippen molar-refractivity contribution in [2.45, 2.75) is 12.1 Å². The Morgan fingerprint density at radius 2 is 2.00 bits per heavy atom. The van der Waals surface area contributed by atoms with E-state index in [9.17, 15) is 13.2 Å². The predicted molar refractivity (Wildman–Crippen MR) is 42.2 cm³/mol. The van der Waals surface area contributed by atoms with Crippen molar-refractivity contribution >= 4 is 12.4 Å². The molecule has 0 aliphatic carbocycles. The Morgan fingerprint density at radius 3 is 2.36 bits per heavy atom. The van der Waals surface area contributed by atoms with Gasteiger partial charge in [-0.2, -0.15) is 18.2 Å². The van der Waals surface area contributed by atoms with Gasteiger partial charge in [-0.05, 0) is 0 Å². The highest BCUT2D eigenvalue weighted by molar-refractivity contribution is 5.85. The molecule has 0 atom stereocenters. The molecular formula is C6H7ClF3N3O. The summed E-state index contributed by atoms with van der Waals surface area (Å²) >= 11 is 0. The van der Waals surface area contributed by atoms with Crippen LogP contribution in [0.25, 0.3) is 0 Å². The maximum absolute atomic E-state index is 12.0. The van der Waals surface area contributed by atoms with Crippen LogP contribution in [-0.2, 0) is 6.18 Å². The van der Waals surface area contributed by atoms with Crippen molar-refractivity contribution in [2.24, 2.45) is 0 Å². The van der Waals surface area contributed by atoms with Crippen LogP contribution < -0.4 is 5.32 Å². The van der Waals surface area contributed by atoms with Crippen molar-refractivity contribution in [2.75, 3.05) is 13.1 Å². The smallest absolute Gasteiger partial charge is 0.329 e. The molecule has 0 aromatic carbocycles. The van der Waals surface area contributed by atoms with Gasteiger partial charge in [-0.15, -0.1) is 12.4 Å². The minimum Gasteiger partial charge on any atom is -0.329 e. The summed E-state index contributed by atoms with van der Waals surface area (Å²) in [5.74, 6) is -1.18. The molecule has 1 aliphatic heterocycles. The highest BCUT2D eigenvalue weighted by Gasteiger charge is 2.39. The summed E-state index contributed by atoms with van der Waals surface area (Å²) in [5, 5.41) is 6.16. The number of hydrogen-bond acceptors (Lipinski definition) is 4. The van der Waals surface area contributed by atoms with Gasteiger partial charge in [-0.25, -0.2) is 0 Å². The molecule has 0 spiro atoms. The van der Waals surface area contributed by atoms with Crippen molar-refractivity contribution in [3.8, 4) is 0 Å². The Morgan fingerprint density at radius 1 is 1.36 bits per heavy atom. The third-order valence-corrected chi connectivity index (χ3v) is 1.83. The Balaban J connectivity index is 0.000000980. The lowest BCUT2D eigenvalue weighted by molar-refractivity contribution is -0.159. The van der Waals surface area contributed by atoms with Crippen molar-refractivity contribution < 1.29 is 17.7 Å². The normalized spacial score (nSPS) is 17.4. The zero-order valence-corrected chi connectivity index (χ0v) is 7.65. The molecule has 80 valence electrons. The van der Waals surface area contributed by atoms with Gasteiger partial charge >= 0.3 is 12.1 Å². The highest BCUT2D eigenvalue weighted by atomic mass is 35.5. The third kappa shape index (κ3) is 1.98. The van der Waals surface area contributed by atoms with Gasteiger partial charge in [0.25, 0.3) is 0 Å². The van der Waals surface area contributed by atoms with E-state index in [1.54, 1.807) is 0 Å². The second-order valence-electron chi connectivity index (χ2n) is 2.81. The lowest BCUT2D eigenvalue weighted by Crippen LogP contribution is -2.40. The number of halogens is 4. The first-order valence-electron chi connectivity index (χ1n) is 3.69. The molecule has 2 rings (SSSR count). The Bertz CT molecular complexity index is 310. The van der Waals surface area contributed by atoms with Crippen molar-refractivity contribution in [3.05, 3.63) is 11.7 Å². The van der Waals surface area contributed by atoms with Crippen LogP contribution in [0.1, 0.15) is 17.6 Å². The molecule has 1 saturated heterocycles. The fraction of sp³-hybridized carbons (Fsp3) is 0.667. The fourth-order valence-electron chi connectivity index (χ4n) is 0.987. The number of aromatic nitrogens is 2. The van der Waals surface area contributed by atoms with Crippen LogP contribution in [0.2, 0.25) is 0 Å². The molecule has 2 heterocycles. The van der Waals surface area contributed by atoms with Crippen LogP contribution in [0.3, 0.4) is 0 Å². The molecule has 14 heavy (non-hydrogen) atoms. The van der Waals surface area contributed by atoms with Gasteiger partial charge in [0, 0.05) is 19.0 Å². The second kappa shape index (κ2) is 3.74. The van der Waals surface area contributed by atoms with E-state index in [0.29, 0.717) is 13.1 Å². The average Bonchev–Trinajstić information content (AvgIpc) is 2.29. The minimum absolute atomic E-state index is 0. The fourth-order valence-corrected chi connectivity index (χ4v) is 0.987. The maximum atomic E-state index is 12.0. The van der Waals surface area contributed by atoms with E-state index in [1.165, 1.54) is 0 Å². The van der Waals surface area contributed by atoms with Crippen molar-refractivity contribution in [1.82, 2.24) is 15.5 Å². The average molecular weight is 230 g/mol. The summed E-state index contributed by atoms with van der Waals surface area (Å²) in [5.41, 5.74) is 0. The molecule has 0 bridgehead atoms. The molecule has 0 unspecified atom stereocenters. The number of nitrogens with zero attached hydrogens (tertiary/aromatic N) is 2. The molecule has 0 radical (unpaired) electrons. The monoisotopic (exact) mass is 229 g/mol. The molecule has 1 fully saturated rings.